The number of amides is 1. The molecular weight excluding hydrogens is 404 g/mol. The van der Waals surface area contributed by atoms with Crippen molar-refractivity contribution in [3.8, 4) is 11.4 Å². The molecule has 1 amide bonds. The van der Waals surface area contributed by atoms with Crippen LogP contribution in [0.3, 0.4) is 0 Å². The third-order valence-corrected chi connectivity index (χ3v) is 4.84. The lowest BCUT2D eigenvalue weighted by Crippen LogP contribution is -2.33. The molecule has 0 radical (unpaired) electrons. The second-order valence-corrected chi connectivity index (χ2v) is 7.39. The second-order valence-electron chi connectivity index (χ2n) is 6.48. The normalized spacial score (nSPS) is 12.0. The molecule has 0 aliphatic carbocycles. The van der Waals surface area contributed by atoms with Crippen LogP contribution >= 0.6 is 15.9 Å². The summed E-state index contributed by atoms with van der Waals surface area (Å²) < 4.78 is 0.980. The van der Waals surface area contributed by atoms with E-state index in [2.05, 4.69) is 38.5 Å². The molecule has 0 bridgehead atoms. The predicted octanol–water partition coefficient (Wildman–Crippen LogP) is 4.78. The summed E-state index contributed by atoms with van der Waals surface area (Å²) in [6.45, 7) is 4.58. The lowest BCUT2D eigenvalue weighted by molar-refractivity contribution is -0.121. The molecule has 3 rings (SSSR count). The molecule has 0 spiro atoms. The summed E-state index contributed by atoms with van der Waals surface area (Å²) in [5, 5.41) is 7.23. The van der Waals surface area contributed by atoms with Gasteiger partial charge in [-0.2, -0.15) is 0 Å². The van der Waals surface area contributed by atoms with Crippen molar-refractivity contribution in [3.63, 3.8) is 0 Å². The maximum absolute atomic E-state index is 12.0. The van der Waals surface area contributed by atoms with E-state index in [0.717, 1.165) is 33.2 Å². The van der Waals surface area contributed by atoms with Crippen LogP contribution in [0.15, 0.2) is 53.0 Å². The monoisotopic (exact) mass is 426 g/mol. The van der Waals surface area contributed by atoms with E-state index in [9.17, 15) is 4.79 Å². The lowest BCUT2D eigenvalue weighted by atomic mass is 10.2. The molecular formula is C21H23BrN4O. The molecule has 2 aromatic carbocycles. The summed E-state index contributed by atoms with van der Waals surface area (Å²) in [6, 6.07) is 16.0. The Hall–Kier alpha value is -2.47. The van der Waals surface area contributed by atoms with Crippen LogP contribution in [0.25, 0.3) is 22.3 Å². The minimum Gasteiger partial charge on any atom is -0.369 e. The molecule has 6 heteroatoms. The van der Waals surface area contributed by atoms with Gasteiger partial charge in [0.1, 0.15) is 5.82 Å². The molecule has 27 heavy (non-hydrogen) atoms. The van der Waals surface area contributed by atoms with Gasteiger partial charge in [-0.25, -0.2) is 9.97 Å². The highest BCUT2D eigenvalue weighted by Crippen LogP contribution is 2.26. The minimum absolute atomic E-state index is 0.0439. The largest absolute Gasteiger partial charge is 0.369 e. The molecule has 140 valence electrons. The van der Waals surface area contributed by atoms with Crippen LogP contribution < -0.4 is 10.6 Å². The smallest absolute Gasteiger partial charge is 0.221 e. The van der Waals surface area contributed by atoms with E-state index in [0.29, 0.717) is 18.8 Å². The summed E-state index contributed by atoms with van der Waals surface area (Å²) >= 11 is 3.50. The summed E-state index contributed by atoms with van der Waals surface area (Å²) in [5.41, 5.74) is 1.81. The van der Waals surface area contributed by atoms with Gasteiger partial charge in [-0.05, 0) is 37.6 Å². The van der Waals surface area contributed by atoms with Gasteiger partial charge in [0, 0.05) is 34.4 Å². The van der Waals surface area contributed by atoms with Crippen molar-refractivity contribution in [3.05, 3.63) is 53.0 Å². The first-order valence-electron chi connectivity index (χ1n) is 9.12. The summed E-state index contributed by atoms with van der Waals surface area (Å²) in [6.07, 6.45) is 1.32. The van der Waals surface area contributed by atoms with Crippen LogP contribution in [0.1, 0.15) is 26.7 Å². The first kappa shape index (κ1) is 19.3. The number of para-hydroxylation sites is 1. The average molecular weight is 427 g/mol. The van der Waals surface area contributed by atoms with E-state index in [1.54, 1.807) is 0 Å². The first-order valence-corrected chi connectivity index (χ1v) is 9.92. The molecule has 0 aliphatic heterocycles. The molecule has 1 heterocycles. The number of nitrogens with one attached hydrogen (secondary N) is 2. The zero-order chi connectivity index (χ0) is 19.2. The molecule has 5 nitrogen and oxygen atoms in total. The first-order chi connectivity index (χ1) is 13.1. The van der Waals surface area contributed by atoms with Crippen LogP contribution in [0.2, 0.25) is 0 Å². The van der Waals surface area contributed by atoms with Crippen molar-refractivity contribution in [1.82, 2.24) is 15.3 Å². The number of hydrogen-bond donors (Lipinski definition) is 2. The van der Waals surface area contributed by atoms with Gasteiger partial charge >= 0.3 is 0 Å². The maximum atomic E-state index is 12.0. The minimum atomic E-state index is 0.0439. The third kappa shape index (κ3) is 5.04. The van der Waals surface area contributed by atoms with Gasteiger partial charge in [0.25, 0.3) is 0 Å². The van der Waals surface area contributed by atoms with Crippen molar-refractivity contribution in [2.75, 3.05) is 11.9 Å². The Balaban J connectivity index is 1.82. The van der Waals surface area contributed by atoms with Crippen LogP contribution in [0.4, 0.5) is 5.82 Å². The van der Waals surface area contributed by atoms with Crippen molar-refractivity contribution >= 4 is 38.6 Å². The van der Waals surface area contributed by atoms with Crippen LogP contribution in [0.5, 0.6) is 0 Å². The number of fused-ring (bicyclic) bond motifs is 1. The zero-order valence-corrected chi connectivity index (χ0v) is 17.1. The summed E-state index contributed by atoms with van der Waals surface area (Å²) in [5.74, 6) is 1.44. The number of nitrogens with zero attached hydrogens (tertiary/aromatic N) is 2. The van der Waals surface area contributed by atoms with Crippen molar-refractivity contribution < 1.29 is 4.79 Å². The van der Waals surface area contributed by atoms with Crippen LogP contribution in [-0.2, 0) is 4.79 Å². The standard InChI is InChI=1S/C21H23BrN4O/c1-3-14(2)24-19(27)11-12-23-21-17-9-4-5-10-18(17)25-20(26-21)15-7-6-8-16(22)13-15/h4-10,13-14H,3,11-12H2,1-2H3,(H,24,27)(H,23,25,26). The van der Waals surface area contributed by atoms with Gasteiger partial charge in [-0.1, -0.05) is 47.1 Å². The SMILES string of the molecule is CCC(C)NC(=O)CCNc1nc(-c2cccc(Br)c2)nc2ccccc12. The molecule has 1 atom stereocenters. The summed E-state index contributed by atoms with van der Waals surface area (Å²) in [7, 11) is 0. The van der Waals surface area contributed by atoms with Gasteiger partial charge in [-0.15, -0.1) is 0 Å². The highest BCUT2D eigenvalue weighted by molar-refractivity contribution is 9.10. The highest BCUT2D eigenvalue weighted by atomic mass is 79.9. The molecule has 2 N–H and O–H groups in total. The van der Waals surface area contributed by atoms with E-state index in [1.165, 1.54) is 0 Å². The van der Waals surface area contributed by atoms with E-state index >= 15 is 0 Å². The Bertz CT molecular complexity index is 944. The topological polar surface area (TPSA) is 66.9 Å². The van der Waals surface area contributed by atoms with E-state index in [-0.39, 0.29) is 11.9 Å². The van der Waals surface area contributed by atoms with E-state index in [4.69, 9.17) is 4.98 Å². The fourth-order valence-corrected chi connectivity index (χ4v) is 3.11. The van der Waals surface area contributed by atoms with Gasteiger partial charge < -0.3 is 10.6 Å². The molecule has 0 fully saturated rings. The van der Waals surface area contributed by atoms with Crippen LogP contribution in [0, 0.1) is 0 Å². The average Bonchev–Trinajstić information content (AvgIpc) is 2.67. The molecule has 0 saturated heterocycles. The van der Waals surface area contributed by atoms with Gasteiger partial charge in [0.05, 0.1) is 5.52 Å². The van der Waals surface area contributed by atoms with Gasteiger partial charge in [-0.3, -0.25) is 4.79 Å². The Morgan fingerprint density at radius 3 is 2.74 bits per heavy atom. The Morgan fingerprint density at radius 2 is 1.96 bits per heavy atom. The second kappa shape index (κ2) is 8.95. The van der Waals surface area contributed by atoms with Crippen molar-refractivity contribution in [2.24, 2.45) is 0 Å². The molecule has 0 saturated carbocycles. The van der Waals surface area contributed by atoms with E-state index < -0.39 is 0 Å². The number of halogens is 1. The third-order valence-electron chi connectivity index (χ3n) is 4.35. The number of carbonyl (C=O) groups is 1. The fourth-order valence-electron chi connectivity index (χ4n) is 2.71. The molecule has 0 aliphatic rings. The zero-order valence-electron chi connectivity index (χ0n) is 15.5. The Kier molecular flexibility index (Phi) is 6.40. The van der Waals surface area contributed by atoms with Gasteiger partial charge in [0.15, 0.2) is 5.82 Å². The number of carbonyl (C=O) groups excluding carboxylic acids is 1. The maximum Gasteiger partial charge on any atom is 0.221 e. The molecule has 3 aromatic rings. The lowest BCUT2D eigenvalue weighted by Gasteiger charge is -2.13. The number of benzene rings is 2. The van der Waals surface area contributed by atoms with Crippen LogP contribution in [-0.4, -0.2) is 28.5 Å². The molecule has 1 aromatic heterocycles. The molecule has 1 unspecified atom stereocenters. The quantitative estimate of drug-likeness (QED) is 0.570. The number of hydrogen-bond acceptors (Lipinski definition) is 4. The Morgan fingerprint density at radius 1 is 1.15 bits per heavy atom. The number of aromatic nitrogens is 2. The number of anilines is 1. The highest BCUT2D eigenvalue weighted by Gasteiger charge is 2.10. The van der Waals surface area contributed by atoms with Gasteiger partial charge in [0.2, 0.25) is 5.91 Å². The van der Waals surface area contributed by atoms with Crippen molar-refractivity contribution in [1.29, 1.82) is 0 Å². The Labute approximate surface area is 167 Å². The van der Waals surface area contributed by atoms with Crippen molar-refractivity contribution in [2.45, 2.75) is 32.7 Å². The summed E-state index contributed by atoms with van der Waals surface area (Å²) in [4.78, 5) is 21.4. The fraction of sp³-hybridized carbons (Fsp3) is 0.286. The van der Waals surface area contributed by atoms with E-state index in [1.807, 2.05) is 55.5 Å². The predicted molar refractivity (Wildman–Crippen MR) is 114 cm³/mol. The number of rotatable bonds is 7.